The number of nitrogens with one attached hydrogen (secondary N) is 1. The smallest absolute Gasteiger partial charge is 0.317 e. The summed E-state index contributed by atoms with van der Waals surface area (Å²) in [6.45, 7) is 6.64. The minimum absolute atomic E-state index is 0.0119. The van der Waals surface area contributed by atoms with Crippen molar-refractivity contribution in [3.63, 3.8) is 0 Å². The van der Waals surface area contributed by atoms with Gasteiger partial charge in [-0.2, -0.15) is 0 Å². The molecule has 0 radical (unpaired) electrons. The van der Waals surface area contributed by atoms with Crippen LogP contribution in [0.1, 0.15) is 39.5 Å². The lowest BCUT2D eigenvalue weighted by Crippen LogP contribution is -2.54. The van der Waals surface area contributed by atoms with E-state index in [4.69, 9.17) is 9.84 Å². The van der Waals surface area contributed by atoms with Crippen LogP contribution in [0.2, 0.25) is 0 Å². The first-order chi connectivity index (χ1) is 11.8. The highest BCUT2D eigenvalue weighted by Gasteiger charge is 2.29. The molecule has 2 fully saturated rings. The van der Waals surface area contributed by atoms with Crippen molar-refractivity contribution in [2.45, 2.75) is 51.7 Å². The van der Waals surface area contributed by atoms with E-state index in [1.807, 2.05) is 0 Å². The van der Waals surface area contributed by atoms with E-state index >= 15 is 0 Å². The molecule has 1 aliphatic carbocycles. The van der Waals surface area contributed by atoms with Crippen LogP contribution in [-0.4, -0.2) is 78.9 Å². The third-order valence-electron chi connectivity index (χ3n) is 5.39. The maximum atomic E-state index is 12.5. The molecule has 2 rings (SSSR count). The summed E-state index contributed by atoms with van der Waals surface area (Å²) in [4.78, 5) is 26.8. The zero-order valence-corrected chi connectivity index (χ0v) is 15.7. The molecule has 0 aromatic heterocycles. The summed E-state index contributed by atoms with van der Waals surface area (Å²) >= 11 is 0. The second-order valence-corrected chi connectivity index (χ2v) is 7.83. The highest BCUT2D eigenvalue weighted by molar-refractivity contribution is 5.74. The number of urea groups is 1. The van der Waals surface area contributed by atoms with Crippen molar-refractivity contribution in [1.82, 2.24) is 15.1 Å². The number of nitrogens with zero attached hydrogens (tertiary/aromatic N) is 2. The Morgan fingerprint density at radius 2 is 1.96 bits per heavy atom. The maximum absolute atomic E-state index is 12.5. The molecule has 1 saturated carbocycles. The molecular weight excluding hydrogens is 322 g/mol. The number of morpholine rings is 1. The molecule has 1 unspecified atom stereocenters. The van der Waals surface area contributed by atoms with Crippen LogP contribution in [-0.2, 0) is 9.53 Å². The number of likely N-dealkylation sites (N-methyl/N-ethyl adjacent to an activating group) is 1. The number of carboxylic acid groups (broad SMARTS) is 1. The molecule has 25 heavy (non-hydrogen) atoms. The van der Waals surface area contributed by atoms with Crippen molar-refractivity contribution >= 4 is 12.0 Å². The Morgan fingerprint density at radius 1 is 1.28 bits per heavy atom. The van der Waals surface area contributed by atoms with Gasteiger partial charge in [-0.25, -0.2) is 4.79 Å². The number of amides is 2. The van der Waals surface area contributed by atoms with E-state index < -0.39 is 5.97 Å². The van der Waals surface area contributed by atoms with Gasteiger partial charge < -0.3 is 20.1 Å². The molecule has 1 aliphatic heterocycles. The number of ether oxygens (including phenoxy) is 1. The molecule has 0 aromatic rings. The third-order valence-corrected chi connectivity index (χ3v) is 5.39. The van der Waals surface area contributed by atoms with Crippen molar-refractivity contribution in [2.24, 2.45) is 11.8 Å². The van der Waals surface area contributed by atoms with Crippen molar-refractivity contribution < 1.29 is 19.4 Å². The average molecular weight is 355 g/mol. The van der Waals surface area contributed by atoms with Gasteiger partial charge in [0.15, 0.2) is 0 Å². The van der Waals surface area contributed by atoms with Crippen molar-refractivity contribution in [1.29, 1.82) is 0 Å². The standard InChI is InChI=1S/C18H33N3O4/c1-13(2)14-4-6-15(7-5-14)19-18(24)21-8-9-25-16(11-21)10-20(3)12-17(22)23/h13-16H,4-12H2,1-3H3,(H,19,24)(H,22,23). The molecule has 7 nitrogen and oxygen atoms in total. The first-order valence-electron chi connectivity index (χ1n) is 9.42. The quantitative estimate of drug-likeness (QED) is 0.757. The first-order valence-corrected chi connectivity index (χ1v) is 9.42. The Hall–Kier alpha value is -1.34. The first kappa shape index (κ1) is 20.0. The van der Waals surface area contributed by atoms with Crippen LogP contribution in [0, 0.1) is 11.8 Å². The molecule has 0 aromatic carbocycles. The highest BCUT2D eigenvalue weighted by atomic mass is 16.5. The van der Waals surface area contributed by atoms with E-state index in [-0.39, 0.29) is 24.7 Å². The number of carbonyl (C=O) groups excluding carboxylic acids is 1. The molecule has 2 aliphatic rings. The zero-order chi connectivity index (χ0) is 18.4. The predicted molar refractivity (Wildman–Crippen MR) is 95.6 cm³/mol. The molecule has 1 atom stereocenters. The summed E-state index contributed by atoms with van der Waals surface area (Å²) < 4.78 is 5.68. The van der Waals surface area contributed by atoms with Crippen molar-refractivity contribution in [2.75, 3.05) is 39.8 Å². The Morgan fingerprint density at radius 3 is 2.56 bits per heavy atom. The van der Waals surface area contributed by atoms with E-state index in [1.165, 1.54) is 12.8 Å². The lowest BCUT2D eigenvalue weighted by atomic mass is 9.80. The maximum Gasteiger partial charge on any atom is 0.317 e. The van der Waals surface area contributed by atoms with Gasteiger partial charge in [-0.1, -0.05) is 13.8 Å². The highest BCUT2D eigenvalue weighted by Crippen LogP contribution is 2.29. The van der Waals surface area contributed by atoms with Gasteiger partial charge in [0.25, 0.3) is 0 Å². The average Bonchev–Trinajstić information content (AvgIpc) is 2.54. The van der Waals surface area contributed by atoms with Crippen LogP contribution >= 0.6 is 0 Å². The van der Waals surface area contributed by atoms with Gasteiger partial charge in [0.05, 0.1) is 19.3 Å². The summed E-state index contributed by atoms with van der Waals surface area (Å²) in [5, 5.41) is 12.0. The lowest BCUT2D eigenvalue weighted by Gasteiger charge is -2.37. The largest absolute Gasteiger partial charge is 0.480 e. The molecule has 144 valence electrons. The molecule has 2 amide bonds. The van der Waals surface area contributed by atoms with E-state index in [1.54, 1.807) is 16.8 Å². The fraction of sp³-hybridized carbons (Fsp3) is 0.889. The molecule has 2 N–H and O–H groups in total. The summed E-state index contributed by atoms with van der Waals surface area (Å²) in [7, 11) is 1.75. The molecule has 0 bridgehead atoms. The van der Waals surface area contributed by atoms with Crippen LogP contribution in [0.5, 0.6) is 0 Å². The van der Waals surface area contributed by atoms with Gasteiger partial charge in [-0.3, -0.25) is 9.69 Å². The molecule has 1 heterocycles. The fourth-order valence-corrected chi connectivity index (χ4v) is 3.85. The molecule has 0 spiro atoms. The topological polar surface area (TPSA) is 82.1 Å². The van der Waals surface area contributed by atoms with Crippen LogP contribution in [0.15, 0.2) is 0 Å². The SMILES string of the molecule is CC(C)C1CCC(NC(=O)N2CCOC(CN(C)CC(=O)O)C2)CC1. The van der Waals surface area contributed by atoms with Crippen LogP contribution < -0.4 is 5.32 Å². The van der Waals surface area contributed by atoms with Gasteiger partial charge in [0, 0.05) is 25.7 Å². The van der Waals surface area contributed by atoms with Crippen LogP contribution in [0.25, 0.3) is 0 Å². The summed E-state index contributed by atoms with van der Waals surface area (Å²) in [6.07, 6.45) is 4.36. The van der Waals surface area contributed by atoms with Crippen LogP contribution in [0.3, 0.4) is 0 Å². The zero-order valence-electron chi connectivity index (χ0n) is 15.7. The summed E-state index contributed by atoms with van der Waals surface area (Å²) in [5.74, 6) is 0.648. The Kier molecular flexibility index (Phi) is 7.50. The predicted octanol–water partition coefficient (Wildman–Crippen LogP) is 1.63. The molecular formula is C18H33N3O4. The second kappa shape index (κ2) is 9.38. The molecule has 7 heteroatoms. The summed E-state index contributed by atoms with van der Waals surface area (Å²) in [5.41, 5.74) is 0. The number of carbonyl (C=O) groups is 2. The van der Waals surface area contributed by atoms with Gasteiger partial charge in [-0.15, -0.1) is 0 Å². The Balaban J connectivity index is 1.75. The summed E-state index contributed by atoms with van der Waals surface area (Å²) in [6, 6.07) is 0.265. The van der Waals surface area contributed by atoms with E-state index in [2.05, 4.69) is 19.2 Å². The fourth-order valence-electron chi connectivity index (χ4n) is 3.85. The minimum atomic E-state index is -0.857. The second-order valence-electron chi connectivity index (χ2n) is 7.83. The van der Waals surface area contributed by atoms with Gasteiger partial charge in [0.1, 0.15) is 0 Å². The van der Waals surface area contributed by atoms with Crippen LogP contribution in [0.4, 0.5) is 4.79 Å². The van der Waals surface area contributed by atoms with E-state index in [9.17, 15) is 9.59 Å². The Bertz CT molecular complexity index is 450. The lowest BCUT2D eigenvalue weighted by molar-refractivity contribution is -0.138. The molecule has 1 saturated heterocycles. The van der Waals surface area contributed by atoms with Gasteiger partial charge >= 0.3 is 12.0 Å². The monoisotopic (exact) mass is 355 g/mol. The normalized spacial score (nSPS) is 27.6. The van der Waals surface area contributed by atoms with Crippen molar-refractivity contribution in [3.8, 4) is 0 Å². The number of aliphatic carboxylic acids is 1. The Labute approximate surface area is 150 Å². The third kappa shape index (κ3) is 6.47. The number of hydrogen-bond acceptors (Lipinski definition) is 4. The van der Waals surface area contributed by atoms with Gasteiger partial charge in [0.2, 0.25) is 0 Å². The van der Waals surface area contributed by atoms with Gasteiger partial charge in [-0.05, 0) is 44.6 Å². The number of carboxylic acids is 1. The number of rotatable bonds is 6. The van der Waals surface area contributed by atoms with E-state index in [0.29, 0.717) is 26.2 Å². The van der Waals surface area contributed by atoms with E-state index in [0.717, 1.165) is 24.7 Å². The minimum Gasteiger partial charge on any atom is -0.480 e. The number of hydrogen-bond donors (Lipinski definition) is 2. The van der Waals surface area contributed by atoms with Crippen molar-refractivity contribution in [3.05, 3.63) is 0 Å².